The molecule has 0 unspecified atom stereocenters. The maximum absolute atomic E-state index is 12.2. The van der Waals surface area contributed by atoms with Gasteiger partial charge < -0.3 is 4.74 Å². The van der Waals surface area contributed by atoms with Crippen molar-refractivity contribution in [3.8, 4) is 5.75 Å². The zero-order valence-electron chi connectivity index (χ0n) is 11.4. The Kier molecular flexibility index (Phi) is 4.22. The third-order valence-corrected chi connectivity index (χ3v) is 4.13. The van der Waals surface area contributed by atoms with Gasteiger partial charge in [0.25, 0.3) is 5.56 Å². The number of aromatic nitrogens is 2. The van der Waals surface area contributed by atoms with Gasteiger partial charge in [-0.3, -0.25) is 14.2 Å². The summed E-state index contributed by atoms with van der Waals surface area (Å²) in [5.41, 5.74) is -0.148. The number of benzene rings is 1. The smallest absolute Gasteiger partial charge is 0.312 e. The fourth-order valence-electron chi connectivity index (χ4n) is 1.95. The van der Waals surface area contributed by atoms with Crippen molar-refractivity contribution in [2.24, 2.45) is 0 Å². The predicted molar refractivity (Wildman–Crippen MR) is 85.6 cm³/mol. The first kappa shape index (κ1) is 14.7. The van der Waals surface area contributed by atoms with Crippen LogP contribution >= 0.6 is 22.9 Å². The van der Waals surface area contributed by atoms with Crippen molar-refractivity contribution < 1.29 is 9.53 Å². The Hall–Kier alpha value is -2.18. The Morgan fingerprint density at radius 3 is 2.82 bits per heavy atom. The minimum atomic E-state index is -0.417. The first-order chi connectivity index (χ1) is 10.6. The van der Waals surface area contributed by atoms with E-state index < -0.39 is 5.97 Å². The maximum Gasteiger partial charge on any atom is 0.312 e. The topological polar surface area (TPSA) is 61.2 Å². The number of halogens is 1. The second-order valence-corrected chi connectivity index (χ2v) is 5.89. The van der Waals surface area contributed by atoms with Crippen LogP contribution in [0.1, 0.15) is 6.42 Å². The highest BCUT2D eigenvalue weighted by Gasteiger charge is 2.09. The van der Waals surface area contributed by atoms with Crippen molar-refractivity contribution in [3.05, 3.63) is 57.4 Å². The van der Waals surface area contributed by atoms with E-state index in [2.05, 4.69) is 4.98 Å². The molecule has 5 nitrogen and oxygen atoms in total. The SMILES string of the molecule is O=C(CCn1cnc2sccc2c1=O)Oc1ccc(Cl)cc1. The normalized spacial score (nSPS) is 10.8. The van der Waals surface area contributed by atoms with Crippen LogP contribution in [0.5, 0.6) is 5.75 Å². The van der Waals surface area contributed by atoms with E-state index in [0.29, 0.717) is 21.0 Å². The van der Waals surface area contributed by atoms with Crippen molar-refractivity contribution in [2.75, 3.05) is 0 Å². The summed E-state index contributed by atoms with van der Waals surface area (Å²) >= 11 is 7.17. The van der Waals surface area contributed by atoms with Crippen molar-refractivity contribution in [1.29, 1.82) is 0 Å². The van der Waals surface area contributed by atoms with Crippen LogP contribution < -0.4 is 10.3 Å². The molecule has 0 aliphatic heterocycles. The van der Waals surface area contributed by atoms with E-state index in [4.69, 9.17) is 16.3 Å². The quantitative estimate of drug-likeness (QED) is 0.543. The van der Waals surface area contributed by atoms with Gasteiger partial charge in [0.05, 0.1) is 18.1 Å². The summed E-state index contributed by atoms with van der Waals surface area (Å²) in [6, 6.07) is 8.25. The van der Waals surface area contributed by atoms with Crippen LogP contribution in [0.25, 0.3) is 10.2 Å². The van der Waals surface area contributed by atoms with Gasteiger partial charge in [0.15, 0.2) is 0 Å². The van der Waals surface area contributed by atoms with Crippen LogP contribution in [-0.2, 0) is 11.3 Å². The van der Waals surface area contributed by atoms with Crippen molar-refractivity contribution in [1.82, 2.24) is 9.55 Å². The van der Waals surface area contributed by atoms with Gasteiger partial charge in [-0.05, 0) is 35.7 Å². The number of fused-ring (bicyclic) bond motifs is 1. The average molecular weight is 335 g/mol. The van der Waals surface area contributed by atoms with E-state index >= 15 is 0 Å². The molecule has 0 spiro atoms. The van der Waals surface area contributed by atoms with Gasteiger partial charge in [0.2, 0.25) is 0 Å². The molecular formula is C15H11ClN2O3S. The standard InChI is InChI=1S/C15H11ClN2O3S/c16-10-1-3-11(4-2-10)21-13(19)5-7-18-9-17-14-12(15(18)20)6-8-22-14/h1-4,6,8-9H,5,7H2. The zero-order chi connectivity index (χ0) is 15.5. The molecule has 3 rings (SSSR count). The number of nitrogens with zero attached hydrogens (tertiary/aromatic N) is 2. The average Bonchev–Trinajstić information content (AvgIpc) is 2.98. The monoisotopic (exact) mass is 334 g/mol. The zero-order valence-corrected chi connectivity index (χ0v) is 12.9. The number of carbonyl (C=O) groups excluding carboxylic acids is 1. The number of hydrogen-bond acceptors (Lipinski definition) is 5. The number of aryl methyl sites for hydroxylation is 1. The highest BCUT2D eigenvalue weighted by Crippen LogP contribution is 2.16. The summed E-state index contributed by atoms with van der Waals surface area (Å²) in [7, 11) is 0. The minimum absolute atomic E-state index is 0.0832. The van der Waals surface area contributed by atoms with Crippen molar-refractivity contribution in [2.45, 2.75) is 13.0 Å². The third-order valence-electron chi connectivity index (χ3n) is 3.05. The molecule has 0 saturated carbocycles. The Morgan fingerprint density at radius 1 is 1.27 bits per heavy atom. The van der Waals surface area contributed by atoms with Gasteiger partial charge in [0.1, 0.15) is 10.6 Å². The molecule has 2 heterocycles. The van der Waals surface area contributed by atoms with E-state index in [9.17, 15) is 9.59 Å². The molecule has 0 saturated heterocycles. The Morgan fingerprint density at radius 2 is 2.05 bits per heavy atom. The summed E-state index contributed by atoms with van der Waals surface area (Å²) in [6.45, 7) is 0.226. The number of carbonyl (C=O) groups is 1. The van der Waals surface area contributed by atoms with Gasteiger partial charge >= 0.3 is 5.97 Å². The molecule has 0 bridgehead atoms. The van der Waals surface area contributed by atoms with Crippen molar-refractivity contribution >= 4 is 39.1 Å². The van der Waals surface area contributed by atoms with E-state index in [0.717, 1.165) is 0 Å². The van der Waals surface area contributed by atoms with E-state index in [1.54, 1.807) is 30.3 Å². The molecule has 112 valence electrons. The number of hydrogen-bond donors (Lipinski definition) is 0. The molecule has 0 atom stereocenters. The van der Waals surface area contributed by atoms with Gasteiger partial charge in [0, 0.05) is 11.6 Å². The van der Waals surface area contributed by atoms with Crippen LogP contribution in [0.2, 0.25) is 5.02 Å². The Labute approximate surface area is 134 Å². The number of esters is 1. The van der Waals surface area contributed by atoms with Gasteiger partial charge in [-0.25, -0.2) is 4.98 Å². The van der Waals surface area contributed by atoms with Crippen LogP contribution in [0.3, 0.4) is 0 Å². The molecule has 7 heteroatoms. The number of rotatable bonds is 4. The van der Waals surface area contributed by atoms with Crippen LogP contribution in [-0.4, -0.2) is 15.5 Å². The Balaban J connectivity index is 1.66. The largest absolute Gasteiger partial charge is 0.426 e. The molecule has 0 radical (unpaired) electrons. The first-order valence-electron chi connectivity index (χ1n) is 6.52. The molecule has 0 amide bonds. The second-order valence-electron chi connectivity index (χ2n) is 4.56. The number of ether oxygens (including phenoxy) is 1. The van der Waals surface area contributed by atoms with Crippen molar-refractivity contribution in [3.63, 3.8) is 0 Å². The highest BCUT2D eigenvalue weighted by atomic mass is 35.5. The van der Waals surface area contributed by atoms with E-state index in [1.165, 1.54) is 22.2 Å². The summed E-state index contributed by atoms with van der Waals surface area (Å²) in [4.78, 5) is 28.9. The molecule has 0 N–H and O–H groups in total. The lowest BCUT2D eigenvalue weighted by Gasteiger charge is -2.06. The lowest BCUT2D eigenvalue weighted by Crippen LogP contribution is -2.22. The molecule has 1 aromatic carbocycles. The molecule has 2 aromatic heterocycles. The summed E-state index contributed by atoms with van der Waals surface area (Å²) in [6.07, 6.45) is 1.54. The van der Waals surface area contributed by atoms with Gasteiger partial charge in [-0.15, -0.1) is 11.3 Å². The lowest BCUT2D eigenvalue weighted by molar-refractivity contribution is -0.134. The maximum atomic E-state index is 12.2. The van der Waals surface area contributed by atoms with Gasteiger partial charge in [-0.2, -0.15) is 0 Å². The van der Waals surface area contributed by atoms with Crippen LogP contribution in [0.4, 0.5) is 0 Å². The second kappa shape index (κ2) is 6.29. The van der Waals surface area contributed by atoms with E-state index in [-0.39, 0.29) is 18.5 Å². The third kappa shape index (κ3) is 3.18. The summed E-state index contributed by atoms with van der Waals surface area (Å²) in [5, 5.41) is 2.96. The Bertz CT molecular complexity index is 870. The molecule has 0 aliphatic rings. The lowest BCUT2D eigenvalue weighted by atomic mass is 10.3. The van der Waals surface area contributed by atoms with Crippen LogP contribution in [0, 0.1) is 0 Å². The molecule has 0 aliphatic carbocycles. The summed E-state index contributed by atoms with van der Waals surface area (Å²) < 4.78 is 6.59. The van der Waals surface area contributed by atoms with Gasteiger partial charge in [-0.1, -0.05) is 11.6 Å². The molecule has 0 fully saturated rings. The predicted octanol–water partition coefficient (Wildman–Crippen LogP) is 3.11. The molecule has 3 aromatic rings. The van der Waals surface area contributed by atoms with E-state index in [1.807, 2.05) is 5.38 Å². The van der Waals surface area contributed by atoms with Crippen LogP contribution in [0.15, 0.2) is 46.8 Å². The number of thiophene rings is 1. The summed E-state index contributed by atoms with van der Waals surface area (Å²) in [5.74, 6) is 0.00722. The fourth-order valence-corrected chi connectivity index (χ4v) is 2.80. The molecular weight excluding hydrogens is 324 g/mol. The fraction of sp³-hybridized carbons (Fsp3) is 0.133. The molecule has 22 heavy (non-hydrogen) atoms. The highest BCUT2D eigenvalue weighted by molar-refractivity contribution is 7.16. The minimum Gasteiger partial charge on any atom is -0.426 e. The first-order valence-corrected chi connectivity index (χ1v) is 7.78.